The van der Waals surface area contributed by atoms with E-state index < -0.39 is 23.9 Å². The van der Waals surface area contributed by atoms with Gasteiger partial charge in [-0.05, 0) is 50.0 Å². The molecule has 3 rings (SSSR count). The highest BCUT2D eigenvalue weighted by Crippen LogP contribution is 2.13. The quantitative estimate of drug-likeness (QED) is 0.179. The number of carbonyl (C=O) groups is 4. The molecule has 1 heterocycles. The van der Waals surface area contributed by atoms with Gasteiger partial charge in [0, 0.05) is 30.2 Å². The molecule has 2 aromatic rings. The lowest BCUT2D eigenvalue weighted by Crippen LogP contribution is -2.33. The molecule has 9 heteroatoms. The first-order valence-electron chi connectivity index (χ1n) is 13.8. The average Bonchev–Trinajstić information content (AvgIpc) is 3.01. The molecule has 0 amide bonds. The van der Waals surface area contributed by atoms with Crippen LogP contribution in [0.1, 0.15) is 36.8 Å². The Labute approximate surface area is 240 Å². The minimum Gasteiger partial charge on any atom is -0.462 e. The van der Waals surface area contributed by atoms with E-state index in [1.165, 1.54) is 6.42 Å². The van der Waals surface area contributed by atoms with E-state index in [4.69, 9.17) is 18.9 Å². The van der Waals surface area contributed by atoms with Crippen molar-refractivity contribution in [3.8, 4) is 0 Å². The van der Waals surface area contributed by atoms with Gasteiger partial charge in [-0.1, -0.05) is 67.1 Å². The summed E-state index contributed by atoms with van der Waals surface area (Å²) in [4.78, 5) is 50.6. The minimum absolute atomic E-state index is 0.00614. The van der Waals surface area contributed by atoms with Crippen molar-refractivity contribution < 1.29 is 38.1 Å². The lowest BCUT2D eigenvalue weighted by Gasteiger charge is -2.28. The number of rotatable bonds is 15. The summed E-state index contributed by atoms with van der Waals surface area (Å²) in [7, 11) is 0. The third kappa shape index (κ3) is 13.6. The molecule has 0 unspecified atom stereocenters. The van der Waals surface area contributed by atoms with E-state index in [2.05, 4.69) is 4.90 Å². The zero-order chi connectivity index (χ0) is 29.1. The van der Waals surface area contributed by atoms with Crippen molar-refractivity contribution in [2.75, 3.05) is 32.8 Å². The van der Waals surface area contributed by atoms with Crippen molar-refractivity contribution in [2.24, 2.45) is 5.92 Å². The molecule has 0 N–H and O–H groups in total. The molecule has 0 aliphatic carbocycles. The van der Waals surface area contributed by atoms with E-state index in [1.54, 1.807) is 0 Å². The van der Waals surface area contributed by atoms with Gasteiger partial charge in [0.15, 0.2) is 0 Å². The van der Waals surface area contributed by atoms with Gasteiger partial charge in [-0.2, -0.15) is 0 Å². The number of nitrogens with zero attached hydrogens (tertiary/aromatic N) is 1. The van der Waals surface area contributed by atoms with E-state index in [9.17, 15) is 19.2 Å². The predicted molar refractivity (Wildman–Crippen MR) is 151 cm³/mol. The van der Waals surface area contributed by atoms with Crippen LogP contribution in [0.4, 0.5) is 0 Å². The number of carbonyl (C=O) groups excluding carboxylic acids is 4. The number of esters is 4. The number of piperidine rings is 1. The molecule has 2 aromatic carbocycles. The third-order valence-corrected chi connectivity index (χ3v) is 6.38. The van der Waals surface area contributed by atoms with Gasteiger partial charge >= 0.3 is 23.9 Å². The summed E-state index contributed by atoms with van der Waals surface area (Å²) < 4.78 is 20.9. The number of hydrogen-bond acceptors (Lipinski definition) is 9. The summed E-state index contributed by atoms with van der Waals surface area (Å²) in [6.45, 7) is 3.01. The predicted octanol–water partition coefficient (Wildman–Crippen LogP) is 4.16. The summed E-state index contributed by atoms with van der Waals surface area (Å²) in [5, 5.41) is 0. The molecule has 0 saturated carbocycles. The molecule has 1 saturated heterocycles. The SMILES string of the molecule is O=C(/C=C/C(=O)OCC(CCN1CCCCC1)COC(=O)/C=C/C(=O)OCc1ccccc1)OCc1ccccc1. The molecule has 1 aliphatic rings. The highest BCUT2D eigenvalue weighted by Gasteiger charge is 2.17. The summed E-state index contributed by atoms with van der Waals surface area (Å²) in [6.07, 6.45) is 8.23. The van der Waals surface area contributed by atoms with Gasteiger partial charge in [-0.3, -0.25) is 0 Å². The van der Waals surface area contributed by atoms with Crippen LogP contribution in [-0.4, -0.2) is 61.6 Å². The molecule has 218 valence electrons. The first-order valence-corrected chi connectivity index (χ1v) is 13.8. The summed E-state index contributed by atoms with van der Waals surface area (Å²) in [6, 6.07) is 18.4. The summed E-state index contributed by atoms with van der Waals surface area (Å²) in [5.41, 5.74) is 1.67. The molecule has 0 aromatic heterocycles. The molecule has 0 radical (unpaired) electrons. The fourth-order valence-electron chi connectivity index (χ4n) is 4.08. The van der Waals surface area contributed by atoms with Crippen molar-refractivity contribution in [3.63, 3.8) is 0 Å². The second kappa shape index (κ2) is 18.2. The molecule has 9 nitrogen and oxygen atoms in total. The molecule has 0 atom stereocenters. The van der Waals surface area contributed by atoms with Crippen molar-refractivity contribution >= 4 is 23.9 Å². The van der Waals surface area contributed by atoms with Crippen molar-refractivity contribution in [1.82, 2.24) is 4.90 Å². The van der Waals surface area contributed by atoms with Crippen molar-refractivity contribution in [1.29, 1.82) is 0 Å². The van der Waals surface area contributed by atoms with Crippen molar-refractivity contribution in [2.45, 2.75) is 38.9 Å². The van der Waals surface area contributed by atoms with Crippen molar-refractivity contribution in [3.05, 3.63) is 96.1 Å². The van der Waals surface area contributed by atoms with Gasteiger partial charge in [0.05, 0.1) is 13.2 Å². The van der Waals surface area contributed by atoms with Gasteiger partial charge in [0.2, 0.25) is 0 Å². The number of likely N-dealkylation sites (tertiary alicyclic amines) is 1. The van der Waals surface area contributed by atoms with E-state index in [0.29, 0.717) is 6.42 Å². The van der Waals surface area contributed by atoms with Crippen LogP contribution in [0, 0.1) is 5.92 Å². The van der Waals surface area contributed by atoms with Gasteiger partial charge in [-0.25, -0.2) is 19.2 Å². The molecule has 0 spiro atoms. The van der Waals surface area contributed by atoms with Crippen LogP contribution in [0.15, 0.2) is 85.0 Å². The Kier molecular flexibility index (Phi) is 13.9. The standard InChI is InChI=1S/C32H37NO8/c34-29(38-22-26-10-4-1-5-11-26)14-16-31(36)40-24-28(18-21-33-19-8-3-9-20-33)25-41-32(37)17-15-30(35)39-23-27-12-6-2-7-13-27/h1-2,4-7,10-17,28H,3,8-9,18-25H2/b16-14+,17-15+. The van der Waals surface area contributed by atoms with Gasteiger partial charge in [-0.15, -0.1) is 0 Å². The summed E-state index contributed by atoms with van der Waals surface area (Å²) >= 11 is 0. The molecular weight excluding hydrogens is 526 g/mol. The second-order valence-corrected chi connectivity index (χ2v) is 9.67. The fourth-order valence-corrected chi connectivity index (χ4v) is 4.08. The zero-order valence-electron chi connectivity index (χ0n) is 23.2. The number of benzene rings is 2. The van der Waals surface area contributed by atoms with E-state index in [0.717, 1.165) is 67.9 Å². The molecule has 41 heavy (non-hydrogen) atoms. The van der Waals surface area contributed by atoms with Gasteiger partial charge in [0.25, 0.3) is 0 Å². The Morgan fingerprint density at radius 2 is 1.02 bits per heavy atom. The lowest BCUT2D eigenvalue weighted by molar-refractivity contribution is -0.145. The lowest BCUT2D eigenvalue weighted by atomic mass is 10.1. The zero-order valence-corrected chi connectivity index (χ0v) is 23.2. The maximum atomic E-state index is 12.2. The van der Waals surface area contributed by atoms with Crippen LogP contribution in [0.5, 0.6) is 0 Å². The Morgan fingerprint density at radius 3 is 1.46 bits per heavy atom. The first kappa shape index (κ1) is 31.3. The first-order chi connectivity index (χ1) is 20.0. The topological polar surface area (TPSA) is 108 Å². The fraction of sp³-hybridized carbons (Fsp3) is 0.375. The second-order valence-electron chi connectivity index (χ2n) is 9.67. The largest absolute Gasteiger partial charge is 0.462 e. The molecule has 0 bridgehead atoms. The van der Waals surface area contributed by atoms with E-state index >= 15 is 0 Å². The Hall–Kier alpha value is -4.24. The van der Waals surface area contributed by atoms with Gasteiger partial charge in [0.1, 0.15) is 13.2 Å². The molecular formula is C32H37NO8. The van der Waals surface area contributed by atoms with Crippen LogP contribution in [0.3, 0.4) is 0 Å². The van der Waals surface area contributed by atoms with Gasteiger partial charge < -0.3 is 23.8 Å². The monoisotopic (exact) mass is 563 g/mol. The van der Waals surface area contributed by atoms with Crippen LogP contribution in [0.25, 0.3) is 0 Å². The van der Waals surface area contributed by atoms with Crippen LogP contribution in [0.2, 0.25) is 0 Å². The molecule has 1 fully saturated rings. The Bertz CT molecular complexity index is 1080. The third-order valence-electron chi connectivity index (χ3n) is 6.38. The van der Waals surface area contributed by atoms with Crippen LogP contribution in [-0.2, 0) is 51.3 Å². The molecule has 1 aliphatic heterocycles. The Balaban J connectivity index is 1.42. The highest BCUT2D eigenvalue weighted by molar-refractivity contribution is 5.92. The highest BCUT2D eigenvalue weighted by atomic mass is 16.6. The number of hydrogen-bond donors (Lipinski definition) is 0. The minimum atomic E-state index is -0.697. The average molecular weight is 564 g/mol. The maximum Gasteiger partial charge on any atom is 0.331 e. The maximum absolute atomic E-state index is 12.2. The van der Waals surface area contributed by atoms with Crippen LogP contribution >= 0.6 is 0 Å². The summed E-state index contributed by atoms with van der Waals surface area (Å²) in [5.74, 6) is -2.97. The normalized spacial score (nSPS) is 13.8. The van der Waals surface area contributed by atoms with E-state index in [-0.39, 0.29) is 32.3 Å². The van der Waals surface area contributed by atoms with Crippen LogP contribution < -0.4 is 0 Å². The Morgan fingerprint density at radius 1 is 0.610 bits per heavy atom. The van der Waals surface area contributed by atoms with E-state index in [1.807, 2.05) is 60.7 Å². The smallest absolute Gasteiger partial charge is 0.331 e. The number of ether oxygens (including phenoxy) is 4.